The highest BCUT2D eigenvalue weighted by molar-refractivity contribution is 6.13. The van der Waals surface area contributed by atoms with Gasteiger partial charge in [-0.3, -0.25) is 0 Å². The van der Waals surface area contributed by atoms with Crippen molar-refractivity contribution < 1.29 is 12.3 Å². The van der Waals surface area contributed by atoms with E-state index in [1.807, 2.05) is 97.1 Å². The summed E-state index contributed by atoms with van der Waals surface area (Å²) in [6, 6.07) is 56.9. The van der Waals surface area contributed by atoms with E-state index in [9.17, 15) is 5.48 Å². The SMILES string of the molecule is [2H]c1c([2H])c([2H])c(-c2c([2H])c([2H])c(N(c3ccc(-c4cc5ccccc5c5ccccc45)cc3)c3ccc4c(c3)C(c3ccccc3)(c3ccccc3)c3ccccc3-4)c([2H])c2[2H])c([2H])c1[2H]. The molecule has 1 heteroatoms. The molecule has 0 bridgehead atoms. The molecule has 0 aliphatic heterocycles. The molecule has 0 radical (unpaired) electrons. The first-order chi connectivity index (χ1) is 32.5. The lowest BCUT2D eigenvalue weighted by molar-refractivity contribution is 0.768. The number of nitrogens with zero attached hydrogens (tertiary/aromatic N) is 1. The van der Waals surface area contributed by atoms with Crippen LogP contribution in [-0.2, 0) is 5.41 Å². The monoisotopic (exact) mass is 746 g/mol. The third-order valence-corrected chi connectivity index (χ3v) is 11.5. The van der Waals surface area contributed by atoms with Gasteiger partial charge in [0.05, 0.1) is 17.8 Å². The third kappa shape index (κ3) is 5.39. The molecular weight excluding hydrogens is 699 g/mol. The topological polar surface area (TPSA) is 3.24 Å². The summed E-state index contributed by atoms with van der Waals surface area (Å²) >= 11 is 0. The van der Waals surface area contributed by atoms with Gasteiger partial charge in [0.15, 0.2) is 0 Å². The summed E-state index contributed by atoms with van der Waals surface area (Å²) in [5.74, 6) is 0. The van der Waals surface area contributed by atoms with E-state index in [1.54, 1.807) is 4.90 Å². The summed E-state index contributed by atoms with van der Waals surface area (Å²) in [7, 11) is 0. The Hall–Kier alpha value is -7.48. The lowest BCUT2D eigenvalue weighted by Crippen LogP contribution is -2.28. The van der Waals surface area contributed by atoms with E-state index >= 15 is 0 Å². The number of fused-ring (bicyclic) bond motifs is 6. The molecule has 1 nitrogen and oxygen atoms in total. The number of anilines is 3. The lowest BCUT2D eigenvalue weighted by atomic mass is 9.67. The Balaban J connectivity index is 1.18. The predicted molar refractivity (Wildman–Crippen MR) is 244 cm³/mol. The van der Waals surface area contributed by atoms with Crippen molar-refractivity contribution in [2.75, 3.05) is 4.90 Å². The summed E-state index contributed by atoms with van der Waals surface area (Å²) in [5.41, 5.74) is 7.77. The highest BCUT2D eigenvalue weighted by Crippen LogP contribution is 2.57. The van der Waals surface area contributed by atoms with Gasteiger partial charge in [-0.1, -0.05) is 194 Å². The van der Waals surface area contributed by atoms with Crippen molar-refractivity contribution in [1.29, 1.82) is 0 Å². The van der Waals surface area contributed by atoms with Gasteiger partial charge in [0, 0.05) is 17.1 Å². The molecule has 0 aromatic heterocycles. The maximum atomic E-state index is 9.71. The molecule has 0 saturated carbocycles. The zero-order chi connectivity index (χ0) is 46.3. The van der Waals surface area contributed by atoms with Crippen molar-refractivity contribution in [3.63, 3.8) is 0 Å². The Morgan fingerprint density at radius 2 is 0.914 bits per heavy atom. The molecule has 0 spiro atoms. The van der Waals surface area contributed by atoms with E-state index in [4.69, 9.17) is 6.85 Å². The van der Waals surface area contributed by atoms with Crippen molar-refractivity contribution in [2.45, 2.75) is 5.41 Å². The van der Waals surface area contributed by atoms with Crippen LogP contribution < -0.4 is 4.90 Å². The molecule has 272 valence electrons. The molecule has 0 unspecified atom stereocenters. The van der Waals surface area contributed by atoms with Crippen LogP contribution in [0.15, 0.2) is 236 Å². The average molecular weight is 747 g/mol. The Kier molecular flexibility index (Phi) is 6.15. The number of rotatable bonds is 7. The normalized spacial score (nSPS) is 14.8. The van der Waals surface area contributed by atoms with Gasteiger partial charge in [-0.15, -0.1) is 0 Å². The van der Waals surface area contributed by atoms with Crippen LogP contribution in [0.5, 0.6) is 0 Å². The van der Waals surface area contributed by atoms with Gasteiger partial charge in [-0.05, 0) is 120 Å². The van der Waals surface area contributed by atoms with Crippen LogP contribution in [0, 0.1) is 0 Å². The van der Waals surface area contributed by atoms with Crippen LogP contribution in [-0.4, -0.2) is 0 Å². The van der Waals surface area contributed by atoms with Gasteiger partial charge in [-0.2, -0.15) is 0 Å². The van der Waals surface area contributed by atoms with Crippen LogP contribution in [0.1, 0.15) is 34.6 Å². The largest absolute Gasteiger partial charge is 0.310 e. The van der Waals surface area contributed by atoms with Gasteiger partial charge in [0.25, 0.3) is 0 Å². The average Bonchev–Trinajstić information content (AvgIpc) is 3.67. The first-order valence-electron chi connectivity index (χ1n) is 23.9. The van der Waals surface area contributed by atoms with Crippen molar-refractivity contribution in [1.82, 2.24) is 0 Å². The van der Waals surface area contributed by atoms with E-state index in [2.05, 4.69) is 84.9 Å². The Labute approximate surface area is 352 Å². The van der Waals surface area contributed by atoms with Crippen LogP contribution in [0.4, 0.5) is 17.1 Å². The van der Waals surface area contributed by atoms with Gasteiger partial charge in [-0.25, -0.2) is 0 Å². The molecule has 58 heavy (non-hydrogen) atoms. The second kappa shape index (κ2) is 13.9. The first-order valence-corrected chi connectivity index (χ1v) is 19.4. The summed E-state index contributed by atoms with van der Waals surface area (Å²) in [6.45, 7) is 0. The first kappa shape index (κ1) is 25.6. The van der Waals surface area contributed by atoms with Crippen LogP contribution in [0.25, 0.3) is 54.9 Å². The van der Waals surface area contributed by atoms with Gasteiger partial charge < -0.3 is 4.90 Å². The quantitative estimate of drug-likeness (QED) is 0.147. The molecule has 0 fully saturated rings. The molecule has 0 saturated heterocycles. The van der Waals surface area contributed by atoms with E-state index in [0.29, 0.717) is 11.4 Å². The molecule has 10 aromatic rings. The standard InChI is InChI=1S/C57H39N/c1-4-16-40(17-5-1)41-28-32-46(33-29-41)58(47-34-30-42(31-35-47)54-38-43-18-10-11-23-49(43)50-24-12-13-25-51(50)54)48-36-37-53-52-26-14-15-27-55(52)57(56(53)39-48,44-19-6-2-7-20-44)45-21-8-3-9-22-45/h1-39H/i1D,4D,5D,16D,17D,28D,29D,32D,33D. The summed E-state index contributed by atoms with van der Waals surface area (Å²) in [4.78, 5) is 1.75. The minimum Gasteiger partial charge on any atom is -0.310 e. The van der Waals surface area contributed by atoms with Gasteiger partial charge in [0.2, 0.25) is 0 Å². The molecule has 1 aliphatic rings. The van der Waals surface area contributed by atoms with Crippen molar-refractivity contribution >= 4 is 38.6 Å². The molecule has 0 N–H and O–H groups in total. The minimum atomic E-state index is -0.781. The van der Waals surface area contributed by atoms with Gasteiger partial charge >= 0.3 is 0 Å². The Morgan fingerprint density at radius 3 is 1.64 bits per heavy atom. The molecule has 0 atom stereocenters. The maximum Gasteiger partial charge on any atom is 0.0714 e. The minimum absolute atomic E-state index is 0.0597. The summed E-state index contributed by atoms with van der Waals surface area (Å²) < 4.78 is 80.7. The van der Waals surface area contributed by atoms with Gasteiger partial charge in [0.1, 0.15) is 0 Å². The maximum absolute atomic E-state index is 9.71. The van der Waals surface area contributed by atoms with E-state index < -0.39 is 59.8 Å². The van der Waals surface area contributed by atoms with Crippen LogP contribution >= 0.6 is 0 Å². The highest BCUT2D eigenvalue weighted by atomic mass is 15.1. The van der Waals surface area contributed by atoms with Crippen LogP contribution in [0.3, 0.4) is 0 Å². The number of hydrogen-bond donors (Lipinski definition) is 0. The van der Waals surface area contributed by atoms with Crippen LogP contribution in [0.2, 0.25) is 0 Å². The number of hydrogen-bond acceptors (Lipinski definition) is 1. The molecule has 10 aromatic carbocycles. The summed E-state index contributed by atoms with van der Waals surface area (Å²) in [5, 5.41) is 4.47. The number of benzene rings is 10. The van der Waals surface area contributed by atoms with E-state index in [1.165, 1.54) is 0 Å². The fourth-order valence-electron chi connectivity index (χ4n) is 8.98. The molecule has 1 aliphatic carbocycles. The molecule has 0 heterocycles. The van der Waals surface area contributed by atoms with Crippen molar-refractivity contribution in [3.05, 3.63) is 259 Å². The summed E-state index contributed by atoms with van der Waals surface area (Å²) in [6.07, 6.45) is 0. The Morgan fingerprint density at radius 1 is 0.345 bits per heavy atom. The van der Waals surface area contributed by atoms with Crippen molar-refractivity contribution in [2.24, 2.45) is 0 Å². The molecule has 0 amide bonds. The lowest BCUT2D eigenvalue weighted by Gasteiger charge is -2.35. The second-order valence-electron chi connectivity index (χ2n) is 14.6. The molecule has 11 rings (SSSR count). The molecular formula is C57H39N. The van der Waals surface area contributed by atoms with Crippen molar-refractivity contribution in [3.8, 4) is 33.4 Å². The van der Waals surface area contributed by atoms with E-state index in [-0.39, 0.29) is 16.8 Å². The zero-order valence-corrected chi connectivity index (χ0v) is 31.3. The highest BCUT2D eigenvalue weighted by Gasteiger charge is 2.46. The van der Waals surface area contributed by atoms with E-state index in [0.717, 1.165) is 66.1 Å². The Bertz CT molecular complexity index is 3530. The smallest absolute Gasteiger partial charge is 0.0714 e. The third-order valence-electron chi connectivity index (χ3n) is 11.5. The fourth-order valence-corrected chi connectivity index (χ4v) is 8.98. The predicted octanol–water partition coefficient (Wildman–Crippen LogP) is 15.2. The zero-order valence-electron chi connectivity index (χ0n) is 40.3. The second-order valence-corrected chi connectivity index (χ2v) is 14.6. The fraction of sp³-hybridized carbons (Fsp3) is 0.0175.